The van der Waals surface area contributed by atoms with Gasteiger partial charge < -0.3 is 0 Å². The van der Waals surface area contributed by atoms with Crippen LogP contribution in [0, 0.1) is 0 Å². The van der Waals surface area contributed by atoms with Crippen molar-refractivity contribution in [1.29, 1.82) is 0 Å². The van der Waals surface area contributed by atoms with Crippen molar-refractivity contribution in [3.63, 3.8) is 0 Å². The number of rotatable bonds is 6. The van der Waals surface area contributed by atoms with Crippen LogP contribution in [0.4, 0.5) is 0 Å². The van der Waals surface area contributed by atoms with Crippen molar-refractivity contribution in [3.05, 3.63) is 102 Å². The molecule has 3 rings (SSSR count). The Bertz CT molecular complexity index is 863. The molecule has 0 aliphatic rings. The predicted octanol–water partition coefficient (Wildman–Crippen LogP) is 3.95. The molecule has 0 saturated carbocycles. The Hall–Kier alpha value is -2.43. The van der Waals surface area contributed by atoms with Gasteiger partial charge in [0.2, 0.25) is 10.0 Å². The van der Waals surface area contributed by atoms with Crippen molar-refractivity contribution < 1.29 is 8.42 Å². The number of sulfonamides is 1. The second-order valence-electron chi connectivity index (χ2n) is 5.59. The standard InChI is InChI=1S/C20H19NO2S/c22-24(23,19-14-8-3-9-15-19)21-20(18-12-6-2-7-13-18)16-17-10-4-1-5-11-17/h1-15,20-21H,16H2. The second kappa shape index (κ2) is 7.43. The van der Waals surface area contributed by atoms with Crippen LogP contribution in [0.5, 0.6) is 0 Å². The first kappa shape index (κ1) is 16.4. The third kappa shape index (κ3) is 4.10. The number of hydrogen-bond donors (Lipinski definition) is 1. The topological polar surface area (TPSA) is 46.2 Å². The molecule has 1 N–H and O–H groups in total. The Kier molecular flexibility index (Phi) is 5.08. The average Bonchev–Trinajstić information content (AvgIpc) is 2.63. The highest BCUT2D eigenvalue weighted by Gasteiger charge is 2.21. The Morgan fingerprint density at radius 1 is 0.708 bits per heavy atom. The molecule has 4 heteroatoms. The van der Waals surface area contributed by atoms with Crippen molar-refractivity contribution in [2.24, 2.45) is 0 Å². The molecule has 0 heterocycles. The highest BCUT2D eigenvalue weighted by molar-refractivity contribution is 7.89. The van der Waals surface area contributed by atoms with Crippen LogP contribution in [-0.2, 0) is 16.4 Å². The highest BCUT2D eigenvalue weighted by atomic mass is 32.2. The molecule has 0 amide bonds. The Morgan fingerprint density at radius 3 is 1.79 bits per heavy atom. The molecule has 0 saturated heterocycles. The van der Waals surface area contributed by atoms with E-state index >= 15 is 0 Å². The lowest BCUT2D eigenvalue weighted by Gasteiger charge is -2.19. The first-order valence-electron chi connectivity index (χ1n) is 7.81. The Labute approximate surface area is 143 Å². The van der Waals surface area contributed by atoms with Gasteiger partial charge in [-0.05, 0) is 29.7 Å². The van der Waals surface area contributed by atoms with Crippen LogP contribution in [0.3, 0.4) is 0 Å². The monoisotopic (exact) mass is 337 g/mol. The van der Waals surface area contributed by atoms with E-state index in [1.807, 2.05) is 60.7 Å². The lowest BCUT2D eigenvalue weighted by molar-refractivity contribution is 0.555. The maximum absolute atomic E-state index is 12.7. The highest BCUT2D eigenvalue weighted by Crippen LogP contribution is 2.21. The van der Waals surface area contributed by atoms with Crippen molar-refractivity contribution in [2.75, 3.05) is 0 Å². The van der Waals surface area contributed by atoms with Gasteiger partial charge in [0.25, 0.3) is 0 Å². The summed E-state index contributed by atoms with van der Waals surface area (Å²) in [5, 5.41) is 0. The van der Waals surface area contributed by atoms with Crippen molar-refractivity contribution in [1.82, 2.24) is 4.72 Å². The van der Waals surface area contributed by atoms with E-state index in [2.05, 4.69) is 4.72 Å². The molecule has 0 spiro atoms. The van der Waals surface area contributed by atoms with Gasteiger partial charge in [-0.1, -0.05) is 78.9 Å². The zero-order valence-electron chi connectivity index (χ0n) is 13.2. The minimum absolute atomic E-state index is 0.277. The molecular weight excluding hydrogens is 318 g/mol. The maximum atomic E-state index is 12.7. The SMILES string of the molecule is O=S(=O)(NC(Cc1ccccc1)c1ccccc1)c1ccccc1. The summed E-state index contributed by atoms with van der Waals surface area (Å²) in [6.45, 7) is 0. The fourth-order valence-corrected chi connectivity index (χ4v) is 3.86. The molecule has 0 fully saturated rings. The summed E-state index contributed by atoms with van der Waals surface area (Å²) in [4.78, 5) is 0.277. The largest absolute Gasteiger partial charge is 0.241 e. The summed E-state index contributed by atoms with van der Waals surface area (Å²) in [5.41, 5.74) is 2.03. The van der Waals surface area contributed by atoms with Crippen LogP contribution in [0.2, 0.25) is 0 Å². The van der Waals surface area contributed by atoms with E-state index in [0.29, 0.717) is 6.42 Å². The molecule has 3 aromatic rings. The average molecular weight is 337 g/mol. The van der Waals surface area contributed by atoms with E-state index in [1.165, 1.54) is 0 Å². The molecule has 24 heavy (non-hydrogen) atoms. The molecule has 122 valence electrons. The van der Waals surface area contributed by atoms with Crippen molar-refractivity contribution in [2.45, 2.75) is 17.4 Å². The lowest BCUT2D eigenvalue weighted by atomic mass is 10.00. The number of nitrogens with one attached hydrogen (secondary N) is 1. The smallest absolute Gasteiger partial charge is 0.207 e. The Morgan fingerprint density at radius 2 is 1.21 bits per heavy atom. The van der Waals surface area contributed by atoms with E-state index in [4.69, 9.17) is 0 Å². The number of benzene rings is 3. The summed E-state index contributed by atoms with van der Waals surface area (Å²) in [5.74, 6) is 0. The fraction of sp³-hybridized carbons (Fsp3) is 0.100. The third-order valence-electron chi connectivity index (χ3n) is 3.84. The molecule has 0 aliphatic carbocycles. The molecule has 1 unspecified atom stereocenters. The minimum atomic E-state index is -3.58. The Balaban J connectivity index is 1.91. The maximum Gasteiger partial charge on any atom is 0.241 e. The lowest BCUT2D eigenvalue weighted by Crippen LogP contribution is -2.30. The van der Waals surface area contributed by atoms with Gasteiger partial charge in [0.15, 0.2) is 0 Å². The third-order valence-corrected chi connectivity index (χ3v) is 5.32. The summed E-state index contributed by atoms with van der Waals surface area (Å²) < 4.78 is 28.2. The van der Waals surface area contributed by atoms with Gasteiger partial charge in [-0.2, -0.15) is 0 Å². The summed E-state index contributed by atoms with van der Waals surface area (Å²) in [7, 11) is -3.58. The van der Waals surface area contributed by atoms with Gasteiger partial charge in [-0.15, -0.1) is 0 Å². The van der Waals surface area contributed by atoms with Crippen LogP contribution in [0.25, 0.3) is 0 Å². The predicted molar refractivity (Wildman–Crippen MR) is 96.1 cm³/mol. The molecule has 0 bridgehead atoms. The zero-order valence-corrected chi connectivity index (χ0v) is 14.0. The van der Waals surface area contributed by atoms with Gasteiger partial charge in [0, 0.05) is 0 Å². The van der Waals surface area contributed by atoms with Crippen LogP contribution < -0.4 is 4.72 Å². The van der Waals surface area contributed by atoms with E-state index in [0.717, 1.165) is 11.1 Å². The van der Waals surface area contributed by atoms with Crippen LogP contribution in [0.1, 0.15) is 17.2 Å². The molecule has 3 nitrogen and oxygen atoms in total. The van der Waals surface area contributed by atoms with E-state index in [1.54, 1.807) is 30.3 Å². The minimum Gasteiger partial charge on any atom is -0.207 e. The fourth-order valence-electron chi connectivity index (χ4n) is 2.62. The summed E-state index contributed by atoms with van der Waals surface area (Å²) in [6, 6.07) is 27.7. The summed E-state index contributed by atoms with van der Waals surface area (Å²) in [6.07, 6.45) is 0.594. The van der Waals surface area contributed by atoms with Gasteiger partial charge in [0.05, 0.1) is 10.9 Å². The molecular formula is C20H19NO2S. The normalized spacial score (nSPS) is 12.7. The molecule has 0 aliphatic heterocycles. The molecule has 3 aromatic carbocycles. The zero-order chi connectivity index (χ0) is 16.8. The first-order chi connectivity index (χ1) is 11.6. The van der Waals surface area contributed by atoms with Crippen LogP contribution in [0.15, 0.2) is 95.9 Å². The molecule has 0 radical (unpaired) electrons. The summed E-state index contributed by atoms with van der Waals surface area (Å²) >= 11 is 0. The second-order valence-corrected chi connectivity index (χ2v) is 7.30. The first-order valence-corrected chi connectivity index (χ1v) is 9.30. The van der Waals surface area contributed by atoms with Crippen LogP contribution >= 0.6 is 0 Å². The van der Waals surface area contributed by atoms with E-state index in [9.17, 15) is 8.42 Å². The van der Waals surface area contributed by atoms with Crippen LogP contribution in [-0.4, -0.2) is 8.42 Å². The quantitative estimate of drug-likeness (QED) is 0.740. The van der Waals surface area contributed by atoms with Gasteiger partial charge >= 0.3 is 0 Å². The molecule has 0 aromatic heterocycles. The van der Waals surface area contributed by atoms with Gasteiger partial charge in [-0.3, -0.25) is 0 Å². The molecule has 1 atom stereocenters. The van der Waals surface area contributed by atoms with Crippen molar-refractivity contribution in [3.8, 4) is 0 Å². The number of hydrogen-bond acceptors (Lipinski definition) is 2. The van der Waals surface area contributed by atoms with Crippen molar-refractivity contribution >= 4 is 10.0 Å². The van der Waals surface area contributed by atoms with E-state index < -0.39 is 10.0 Å². The van der Waals surface area contributed by atoms with Gasteiger partial charge in [0.1, 0.15) is 0 Å². The van der Waals surface area contributed by atoms with E-state index in [-0.39, 0.29) is 10.9 Å². The van der Waals surface area contributed by atoms with Gasteiger partial charge in [-0.25, -0.2) is 13.1 Å².